The second kappa shape index (κ2) is 11.0. The summed E-state index contributed by atoms with van der Waals surface area (Å²) in [5.74, 6) is -0.229. The highest BCUT2D eigenvalue weighted by atomic mass is 19.1. The van der Waals surface area contributed by atoms with E-state index in [-0.39, 0.29) is 35.6 Å². The molecule has 2 fully saturated rings. The molecule has 196 valence electrons. The average molecular weight is 506 g/mol. The number of carbonyl (C=O) groups is 2. The van der Waals surface area contributed by atoms with Gasteiger partial charge in [0, 0.05) is 24.3 Å². The van der Waals surface area contributed by atoms with Crippen LogP contribution in [-0.2, 0) is 9.59 Å². The number of pyridine rings is 1. The van der Waals surface area contributed by atoms with E-state index in [1.54, 1.807) is 19.3 Å². The molecule has 8 heteroatoms. The van der Waals surface area contributed by atoms with Crippen molar-refractivity contribution >= 4 is 22.7 Å². The van der Waals surface area contributed by atoms with E-state index in [0.717, 1.165) is 60.7 Å². The number of likely N-dealkylation sites (N-methyl/N-ethyl adjacent to an activating group) is 1. The fourth-order valence-corrected chi connectivity index (χ4v) is 5.91. The number of hydrogen-bond acceptors (Lipinski definition) is 4. The molecule has 37 heavy (non-hydrogen) atoms. The van der Waals surface area contributed by atoms with E-state index >= 15 is 0 Å². The quantitative estimate of drug-likeness (QED) is 0.496. The monoisotopic (exact) mass is 505 g/mol. The second-order valence-corrected chi connectivity index (χ2v) is 10.4. The molecule has 0 spiro atoms. The maximum absolute atomic E-state index is 14.0. The van der Waals surface area contributed by atoms with Crippen LogP contribution in [0.1, 0.15) is 63.5 Å². The first-order valence-electron chi connectivity index (χ1n) is 13.5. The molecular weight excluding hydrogens is 469 g/mol. The summed E-state index contributed by atoms with van der Waals surface area (Å²) >= 11 is 0. The van der Waals surface area contributed by atoms with Crippen LogP contribution in [0.15, 0.2) is 48.9 Å². The number of amides is 2. The fraction of sp³-hybridized carbons (Fsp3) is 0.483. The van der Waals surface area contributed by atoms with Crippen molar-refractivity contribution in [3.63, 3.8) is 0 Å². The number of halogens is 1. The van der Waals surface area contributed by atoms with Crippen molar-refractivity contribution in [3.8, 4) is 5.69 Å². The lowest BCUT2D eigenvalue weighted by molar-refractivity contribution is -0.139. The summed E-state index contributed by atoms with van der Waals surface area (Å²) in [5.41, 5.74) is 2.75. The summed E-state index contributed by atoms with van der Waals surface area (Å²) in [6.07, 6.45) is 12.6. The molecule has 1 aliphatic heterocycles. The van der Waals surface area contributed by atoms with Gasteiger partial charge in [0.1, 0.15) is 11.9 Å². The third-order valence-electron chi connectivity index (χ3n) is 8.11. The van der Waals surface area contributed by atoms with Crippen LogP contribution in [0.25, 0.3) is 16.6 Å². The lowest BCUT2D eigenvalue weighted by Gasteiger charge is -2.35. The summed E-state index contributed by atoms with van der Waals surface area (Å²) < 4.78 is 15.7. The number of aromatic nitrogens is 2. The Kier molecular flexibility index (Phi) is 7.55. The molecule has 0 bridgehead atoms. The number of carbonyl (C=O) groups excluding carboxylic acids is 2. The van der Waals surface area contributed by atoms with Gasteiger partial charge in [-0.25, -0.2) is 4.39 Å². The zero-order valence-electron chi connectivity index (χ0n) is 21.6. The molecule has 1 saturated heterocycles. The number of fused-ring (bicyclic) bond motifs is 1. The minimum absolute atomic E-state index is 0.0124. The lowest BCUT2D eigenvalue weighted by Crippen LogP contribution is -2.55. The Balaban J connectivity index is 1.42. The van der Waals surface area contributed by atoms with Gasteiger partial charge >= 0.3 is 0 Å². The number of hydrogen-bond donors (Lipinski definition) is 2. The van der Waals surface area contributed by atoms with Gasteiger partial charge in [-0.3, -0.25) is 14.6 Å². The number of nitrogens with one attached hydrogen (secondary N) is 2. The number of likely N-dealkylation sites (tertiary alicyclic amines) is 1. The zero-order valence-corrected chi connectivity index (χ0v) is 21.6. The summed E-state index contributed by atoms with van der Waals surface area (Å²) in [7, 11) is 1.75. The first-order chi connectivity index (χ1) is 18.0. The number of benzene rings is 1. The van der Waals surface area contributed by atoms with E-state index in [1.807, 2.05) is 34.9 Å². The van der Waals surface area contributed by atoms with Gasteiger partial charge in [0.15, 0.2) is 0 Å². The summed E-state index contributed by atoms with van der Waals surface area (Å²) in [4.78, 5) is 33.3. The van der Waals surface area contributed by atoms with Crippen molar-refractivity contribution < 1.29 is 14.0 Å². The molecule has 2 amide bonds. The maximum atomic E-state index is 14.0. The predicted molar refractivity (Wildman–Crippen MR) is 142 cm³/mol. The normalized spacial score (nSPS) is 20.2. The van der Waals surface area contributed by atoms with Gasteiger partial charge in [-0.15, -0.1) is 0 Å². The summed E-state index contributed by atoms with van der Waals surface area (Å²) in [6.45, 7) is 2.48. The van der Waals surface area contributed by atoms with Gasteiger partial charge in [0.2, 0.25) is 11.8 Å². The van der Waals surface area contributed by atoms with Crippen LogP contribution in [0, 0.1) is 11.7 Å². The van der Waals surface area contributed by atoms with Crippen LogP contribution in [0.4, 0.5) is 4.39 Å². The van der Waals surface area contributed by atoms with Crippen molar-refractivity contribution in [2.45, 2.75) is 70.0 Å². The average Bonchev–Trinajstić information content (AvgIpc) is 3.58. The number of rotatable bonds is 7. The Morgan fingerprint density at radius 3 is 2.65 bits per heavy atom. The van der Waals surface area contributed by atoms with Crippen LogP contribution in [0.3, 0.4) is 0 Å². The molecule has 1 aromatic carbocycles. The van der Waals surface area contributed by atoms with Crippen molar-refractivity contribution in [1.82, 2.24) is 25.1 Å². The minimum atomic E-state index is -0.511. The SMILES string of the molecule is CNC(C)C(=O)NC(C(=O)N1CCCC1c1cncc(-n2ccc3cc(F)ccc32)c1)C1CCCCC1. The van der Waals surface area contributed by atoms with Crippen LogP contribution >= 0.6 is 0 Å². The van der Waals surface area contributed by atoms with E-state index < -0.39 is 6.04 Å². The minimum Gasteiger partial charge on any atom is -0.343 e. The molecule has 2 N–H and O–H groups in total. The summed E-state index contributed by atoms with van der Waals surface area (Å²) in [6, 6.07) is 7.75. The van der Waals surface area contributed by atoms with Crippen LogP contribution < -0.4 is 10.6 Å². The van der Waals surface area contributed by atoms with Crippen LogP contribution in [-0.4, -0.2) is 51.9 Å². The Bertz CT molecular complexity index is 1270. The molecule has 2 aliphatic rings. The Morgan fingerprint density at radius 1 is 1.05 bits per heavy atom. The van der Waals surface area contributed by atoms with Gasteiger partial charge < -0.3 is 20.1 Å². The molecule has 3 atom stereocenters. The highest BCUT2D eigenvalue weighted by Gasteiger charge is 2.39. The Labute approximate surface area is 217 Å². The van der Waals surface area contributed by atoms with Gasteiger partial charge in [-0.2, -0.15) is 0 Å². The van der Waals surface area contributed by atoms with Crippen molar-refractivity contribution in [1.29, 1.82) is 0 Å². The predicted octanol–water partition coefficient (Wildman–Crippen LogP) is 4.50. The van der Waals surface area contributed by atoms with E-state index in [4.69, 9.17) is 0 Å². The third-order valence-corrected chi connectivity index (χ3v) is 8.11. The highest BCUT2D eigenvalue weighted by molar-refractivity contribution is 5.90. The largest absolute Gasteiger partial charge is 0.343 e. The van der Waals surface area contributed by atoms with Gasteiger partial charge in [-0.1, -0.05) is 19.3 Å². The molecule has 3 aromatic rings. The standard InChI is InChI=1S/C29H36FN5O2/c1-19(31-2)28(36)33-27(20-7-4-3-5-8-20)29(37)35-13-6-9-25(35)22-16-24(18-32-17-22)34-14-12-21-15-23(30)10-11-26(21)34/h10-12,14-20,25,27,31H,3-9,13H2,1-2H3,(H,33,36). The Morgan fingerprint density at radius 2 is 1.86 bits per heavy atom. The van der Waals surface area contributed by atoms with Crippen LogP contribution in [0.5, 0.6) is 0 Å². The van der Waals surface area contributed by atoms with Crippen molar-refractivity contribution in [2.24, 2.45) is 5.92 Å². The van der Waals surface area contributed by atoms with Crippen molar-refractivity contribution in [2.75, 3.05) is 13.6 Å². The van der Waals surface area contributed by atoms with Gasteiger partial charge in [0.25, 0.3) is 0 Å². The molecule has 2 aromatic heterocycles. The topological polar surface area (TPSA) is 79.3 Å². The molecule has 1 aliphatic carbocycles. The van der Waals surface area contributed by atoms with E-state index in [0.29, 0.717) is 6.54 Å². The fourth-order valence-electron chi connectivity index (χ4n) is 5.91. The summed E-state index contributed by atoms with van der Waals surface area (Å²) in [5, 5.41) is 6.91. The maximum Gasteiger partial charge on any atom is 0.245 e. The van der Waals surface area contributed by atoms with Crippen LogP contribution in [0.2, 0.25) is 0 Å². The molecule has 3 unspecified atom stereocenters. The van der Waals surface area contributed by atoms with Gasteiger partial charge in [-0.05, 0) is 81.5 Å². The molecule has 5 rings (SSSR count). The molecular formula is C29H36FN5O2. The first kappa shape index (κ1) is 25.4. The lowest BCUT2D eigenvalue weighted by atomic mass is 9.83. The third kappa shape index (κ3) is 5.25. The second-order valence-electron chi connectivity index (χ2n) is 10.4. The first-order valence-corrected chi connectivity index (χ1v) is 13.5. The van der Waals surface area contributed by atoms with E-state index in [9.17, 15) is 14.0 Å². The highest BCUT2D eigenvalue weighted by Crippen LogP contribution is 2.35. The Hall–Kier alpha value is -3.26. The molecule has 3 heterocycles. The molecule has 1 saturated carbocycles. The zero-order chi connectivity index (χ0) is 25.9. The number of nitrogens with zero attached hydrogens (tertiary/aromatic N) is 3. The molecule has 7 nitrogen and oxygen atoms in total. The van der Waals surface area contributed by atoms with E-state index in [2.05, 4.69) is 21.7 Å². The molecule has 0 radical (unpaired) electrons. The van der Waals surface area contributed by atoms with E-state index in [1.165, 1.54) is 18.6 Å². The smallest absolute Gasteiger partial charge is 0.245 e. The van der Waals surface area contributed by atoms with Crippen molar-refractivity contribution in [3.05, 3.63) is 60.3 Å². The van der Waals surface area contributed by atoms with Gasteiger partial charge in [0.05, 0.1) is 29.5 Å².